The lowest BCUT2D eigenvalue weighted by Gasteiger charge is -2.21. The smallest absolute Gasteiger partial charge is 0.462 e. The first kappa shape index (κ1) is 96.2. The molecule has 0 saturated carbocycles. The summed E-state index contributed by atoms with van der Waals surface area (Å²) >= 11 is 0. The van der Waals surface area contributed by atoms with Crippen LogP contribution in [-0.4, -0.2) is 96.7 Å². The van der Waals surface area contributed by atoms with Gasteiger partial charge in [-0.05, 0) is 96.3 Å². The van der Waals surface area contributed by atoms with E-state index in [1.165, 1.54) is 103 Å². The molecule has 0 fully saturated rings. The molecule has 3 N–H and O–H groups in total. The van der Waals surface area contributed by atoms with Crippen LogP contribution in [0.4, 0.5) is 0 Å². The Hall–Kier alpha value is -3.76. The number of esters is 4. The molecular weight excluding hydrogens is 1310 g/mol. The number of unbranched alkanes of at least 4 members (excludes halogenated alkanes) is 35. The number of carbonyl (C=O) groups excluding carboxylic acids is 4. The van der Waals surface area contributed by atoms with Gasteiger partial charge in [-0.2, -0.15) is 0 Å². The SMILES string of the molecule is CC/C=C\C/C=C\C/C=C\C/C=C\CCCCCCC(=O)OCC(COP(=O)(O)OCC(O)COP(=O)(O)OCC(COC(=O)CCCCCCCCC/C=C\C/C=C\C/C=C\CC)OC(=O)CCCCCCCCCCCCCCCCC)OC(=O)CCCCCCCCCCCCC. The third kappa shape index (κ3) is 72.6. The Morgan fingerprint density at radius 1 is 0.290 bits per heavy atom. The van der Waals surface area contributed by atoms with Crippen molar-refractivity contribution in [1.29, 1.82) is 0 Å². The van der Waals surface area contributed by atoms with Gasteiger partial charge in [0, 0.05) is 25.7 Å². The second kappa shape index (κ2) is 73.5. The van der Waals surface area contributed by atoms with Gasteiger partial charge in [-0.25, -0.2) is 9.13 Å². The largest absolute Gasteiger partial charge is 0.472 e. The molecule has 0 aliphatic carbocycles. The van der Waals surface area contributed by atoms with Gasteiger partial charge < -0.3 is 33.8 Å². The average molecular weight is 1450 g/mol. The standard InChI is InChI=1S/C81H144O17P2/c1-5-9-13-17-21-25-29-32-35-37-40-42-46-49-53-57-61-65-78(83)91-71-76(97-80(85)67-63-59-55-51-45-28-24-20-16-12-8-4)73-95-99(87,88)93-69-75(82)70-94-100(89,90)96-74-77(98-81(86)68-64-60-56-52-48-44-39-34-31-27-23-19-15-11-7-3)72-92-79(84)66-62-58-54-50-47-43-41-38-36-33-30-26-22-18-14-10-6-2/h9-10,13-14,21-22,25-26,32-33,35-36,40,42,75-77,82H,5-8,11-12,15-20,23-24,27-31,34,37-39,41,43-74H2,1-4H3,(H,87,88)(H,89,90)/b13-9-,14-10-,25-21-,26-22-,35-32-,36-33-,42-40-. The van der Waals surface area contributed by atoms with E-state index in [1.54, 1.807) is 0 Å². The third-order valence-corrected chi connectivity index (χ3v) is 18.8. The van der Waals surface area contributed by atoms with E-state index in [1.807, 2.05) is 0 Å². The Kier molecular flexibility index (Phi) is 70.8. The molecule has 0 rings (SSSR count). The van der Waals surface area contributed by atoms with Gasteiger partial charge in [-0.1, -0.05) is 312 Å². The lowest BCUT2D eigenvalue weighted by atomic mass is 10.0. The first-order valence-corrected chi connectivity index (χ1v) is 42.8. The molecule has 0 saturated heterocycles. The van der Waals surface area contributed by atoms with Crippen LogP contribution in [0.15, 0.2) is 85.1 Å². The van der Waals surface area contributed by atoms with E-state index in [9.17, 15) is 43.2 Å². The molecule has 0 bridgehead atoms. The number of phosphoric ester groups is 2. The highest BCUT2D eigenvalue weighted by atomic mass is 31.2. The van der Waals surface area contributed by atoms with Crippen LogP contribution in [0.1, 0.15) is 349 Å². The summed E-state index contributed by atoms with van der Waals surface area (Å²) in [6.07, 6.45) is 75.6. The molecule has 0 heterocycles. The number of allylic oxidation sites excluding steroid dienone is 14. The van der Waals surface area contributed by atoms with Gasteiger partial charge >= 0.3 is 39.5 Å². The normalized spacial score (nSPS) is 14.3. The highest BCUT2D eigenvalue weighted by Gasteiger charge is 2.30. The minimum atomic E-state index is -4.97. The van der Waals surface area contributed by atoms with Crippen LogP contribution < -0.4 is 0 Å². The number of rotatable bonds is 75. The van der Waals surface area contributed by atoms with Crippen molar-refractivity contribution in [2.24, 2.45) is 0 Å². The Bertz CT molecular complexity index is 2230. The summed E-state index contributed by atoms with van der Waals surface area (Å²) in [5.41, 5.74) is 0. The molecule has 17 nitrogen and oxygen atoms in total. The quantitative estimate of drug-likeness (QED) is 0.0169. The monoisotopic (exact) mass is 1450 g/mol. The summed E-state index contributed by atoms with van der Waals surface area (Å²) < 4.78 is 68.6. The van der Waals surface area contributed by atoms with E-state index in [4.69, 9.17) is 37.0 Å². The number of aliphatic hydroxyl groups is 1. The van der Waals surface area contributed by atoms with Gasteiger partial charge in [0.2, 0.25) is 0 Å². The molecule has 19 heteroatoms. The van der Waals surface area contributed by atoms with Gasteiger partial charge in [0.15, 0.2) is 12.2 Å². The van der Waals surface area contributed by atoms with Crippen LogP contribution in [0.2, 0.25) is 0 Å². The molecule has 0 radical (unpaired) electrons. The lowest BCUT2D eigenvalue weighted by molar-refractivity contribution is -0.161. The molecule has 0 aromatic rings. The van der Waals surface area contributed by atoms with E-state index >= 15 is 0 Å². The Labute approximate surface area is 608 Å². The van der Waals surface area contributed by atoms with Crippen LogP contribution in [-0.2, 0) is 65.4 Å². The van der Waals surface area contributed by atoms with Gasteiger partial charge in [-0.15, -0.1) is 0 Å². The maximum atomic E-state index is 13.1. The molecule has 580 valence electrons. The maximum Gasteiger partial charge on any atom is 0.472 e. The zero-order valence-electron chi connectivity index (χ0n) is 63.4. The fourth-order valence-electron chi connectivity index (χ4n) is 10.9. The Morgan fingerprint density at radius 3 is 0.800 bits per heavy atom. The summed E-state index contributed by atoms with van der Waals surface area (Å²) in [4.78, 5) is 72.9. The number of ether oxygens (including phenoxy) is 4. The zero-order valence-corrected chi connectivity index (χ0v) is 65.2. The Balaban J connectivity index is 5.32. The van der Waals surface area contributed by atoms with E-state index in [-0.39, 0.29) is 25.7 Å². The Morgan fingerprint density at radius 2 is 0.520 bits per heavy atom. The van der Waals surface area contributed by atoms with Gasteiger partial charge in [0.05, 0.1) is 26.4 Å². The average Bonchev–Trinajstić information content (AvgIpc) is 0.989. The molecule has 5 atom stereocenters. The molecule has 0 aliphatic rings. The van der Waals surface area contributed by atoms with Crippen molar-refractivity contribution in [3.05, 3.63) is 85.1 Å². The number of hydrogen-bond donors (Lipinski definition) is 3. The number of phosphoric acid groups is 2. The molecule has 0 aliphatic heterocycles. The van der Waals surface area contributed by atoms with Gasteiger partial charge in [0.1, 0.15) is 19.3 Å². The summed E-state index contributed by atoms with van der Waals surface area (Å²) in [5.74, 6) is -2.18. The van der Waals surface area contributed by atoms with Gasteiger partial charge in [-0.3, -0.25) is 37.3 Å². The summed E-state index contributed by atoms with van der Waals surface area (Å²) in [5, 5.41) is 10.6. The van der Waals surface area contributed by atoms with Crippen molar-refractivity contribution in [2.75, 3.05) is 39.6 Å². The molecule has 5 unspecified atom stereocenters. The second-order valence-corrected chi connectivity index (χ2v) is 29.5. The molecular formula is C81H144O17P2. The van der Waals surface area contributed by atoms with E-state index < -0.39 is 97.5 Å². The summed E-state index contributed by atoms with van der Waals surface area (Å²) in [7, 11) is -9.95. The van der Waals surface area contributed by atoms with E-state index in [0.717, 1.165) is 167 Å². The van der Waals surface area contributed by atoms with Crippen molar-refractivity contribution < 1.29 is 80.2 Å². The minimum Gasteiger partial charge on any atom is -0.462 e. The number of hydrogen-bond acceptors (Lipinski definition) is 15. The topological polar surface area (TPSA) is 237 Å². The first-order valence-electron chi connectivity index (χ1n) is 39.8. The molecule has 100 heavy (non-hydrogen) atoms. The molecule has 0 aromatic heterocycles. The van der Waals surface area contributed by atoms with Crippen molar-refractivity contribution in [3.8, 4) is 0 Å². The molecule has 0 aromatic carbocycles. The predicted octanol–water partition coefficient (Wildman–Crippen LogP) is 23.0. The number of carbonyl (C=O) groups is 4. The van der Waals surface area contributed by atoms with Crippen molar-refractivity contribution in [3.63, 3.8) is 0 Å². The van der Waals surface area contributed by atoms with Crippen LogP contribution in [0.3, 0.4) is 0 Å². The maximum absolute atomic E-state index is 13.1. The lowest BCUT2D eigenvalue weighted by Crippen LogP contribution is -2.30. The first-order chi connectivity index (χ1) is 48.7. The number of aliphatic hydroxyl groups excluding tert-OH is 1. The third-order valence-electron chi connectivity index (χ3n) is 16.9. The van der Waals surface area contributed by atoms with Crippen LogP contribution >= 0.6 is 15.6 Å². The van der Waals surface area contributed by atoms with Crippen molar-refractivity contribution >= 4 is 39.5 Å². The van der Waals surface area contributed by atoms with Crippen molar-refractivity contribution in [2.45, 2.75) is 367 Å². The fraction of sp³-hybridized carbons (Fsp3) is 0.778. The van der Waals surface area contributed by atoms with Crippen molar-refractivity contribution in [1.82, 2.24) is 0 Å². The molecule has 0 amide bonds. The van der Waals surface area contributed by atoms with E-state index in [0.29, 0.717) is 25.7 Å². The highest BCUT2D eigenvalue weighted by Crippen LogP contribution is 2.45. The summed E-state index contributed by atoms with van der Waals surface area (Å²) in [6.45, 7) is 4.66. The zero-order chi connectivity index (χ0) is 73.2. The van der Waals surface area contributed by atoms with Crippen LogP contribution in [0, 0.1) is 0 Å². The van der Waals surface area contributed by atoms with Gasteiger partial charge in [0.25, 0.3) is 0 Å². The van der Waals surface area contributed by atoms with E-state index in [2.05, 4.69) is 113 Å². The molecule has 0 spiro atoms. The highest BCUT2D eigenvalue weighted by molar-refractivity contribution is 7.47. The predicted molar refractivity (Wildman–Crippen MR) is 409 cm³/mol. The fourth-order valence-corrected chi connectivity index (χ4v) is 12.5. The van der Waals surface area contributed by atoms with Crippen LogP contribution in [0.5, 0.6) is 0 Å². The van der Waals surface area contributed by atoms with Crippen LogP contribution in [0.25, 0.3) is 0 Å². The second-order valence-electron chi connectivity index (χ2n) is 26.6. The minimum absolute atomic E-state index is 0.0931. The summed E-state index contributed by atoms with van der Waals surface area (Å²) in [6, 6.07) is 0.